The van der Waals surface area contributed by atoms with E-state index in [2.05, 4.69) is 4.90 Å². The minimum atomic E-state index is -0.513. The lowest BCUT2D eigenvalue weighted by molar-refractivity contribution is 0.0446. The zero-order valence-corrected chi connectivity index (χ0v) is 11.6. The molecule has 3 heterocycles. The van der Waals surface area contributed by atoms with Crippen molar-refractivity contribution in [1.82, 2.24) is 0 Å². The Morgan fingerprint density at radius 2 is 2.35 bits per heavy atom. The first-order chi connectivity index (χ1) is 9.58. The number of ether oxygens (including phenoxy) is 2. The van der Waals surface area contributed by atoms with Crippen molar-refractivity contribution in [3.63, 3.8) is 0 Å². The van der Waals surface area contributed by atoms with Crippen LogP contribution in [-0.4, -0.2) is 42.6 Å². The molecule has 0 spiro atoms. The van der Waals surface area contributed by atoms with Crippen molar-refractivity contribution in [3.8, 4) is 5.75 Å². The van der Waals surface area contributed by atoms with Gasteiger partial charge in [-0.2, -0.15) is 0 Å². The van der Waals surface area contributed by atoms with Crippen LogP contribution >= 0.6 is 0 Å². The van der Waals surface area contributed by atoms with E-state index >= 15 is 0 Å². The van der Waals surface area contributed by atoms with Crippen molar-refractivity contribution in [2.45, 2.75) is 37.5 Å². The Morgan fingerprint density at radius 3 is 3.00 bits per heavy atom. The molecule has 5 heteroatoms. The fraction of sp³-hybridized carbons (Fsp3) is 0.600. The van der Waals surface area contributed by atoms with Crippen LogP contribution in [0.2, 0.25) is 0 Å². The molecule has 108 valence electrons. The highest BCUT2D eigenvalue weighted by atomic mass is 16.5. The third kappa shape index (κ3) is 1.70. The van der Waals surface area contributed by atoms with Crippen LogP contribution in [0.15, 0.2) is 12.1 Å². The standard InChI is InChI=1S/C15H20N2O3/c1-15(8-18)5-9-2-12(16)13(4-14(9)20-15)17-6-11-3-10(17)7-19-11/h2,4,10-11,18H,3,5-8,16H2,1H3/t10-,11-,15?/m0/s1. The second kappa shape index (κ2) is 4.02. The quantitative estimate of drug-likeness (QED) is 0.787. The summed E-state index contributed by atoms with van der Waals surface area (Å²) in [6.07, 6.45) is 2.14. The highest BCUT2D eigenvalue weighted by molar-refractivity contribution is 5.73. The summed E-state index contributed by atoms with van der Waals surface area (Å²) in [4.78, 5) is 2.34. The van der Waals surface area contributed by atoms with Crippen LogP contribution in [0.1, 0.15) is 18.9 Å². The Hall–Kier alpha value is -1.46. The lowest BCUT2D eigenvalue weighted by Crippen LogP contribution is -2.37. The lowest BCUT2D eigenvalue weighted by atomic mass is 9.99. The van der Waals surface area contributed by atoms with Gasteiger partial charge in [0.15, 0.2) is 0 Å². The average molecular weight is 276 g/mol. The number of anilines is 2. The fourth-order valence-corrected chi connectivity index (χ4v) is 3.60. The van der Waals surface area contributed by atoms with Gasteiger partial charge in [0.2, 0.25) is 0 Å². The van der Waals surface area contributed by atoms with E-state index in [1.165, 1.54) is 0 Å². The summed E-state index contributed by atoms with van der Waals surface area (Å²) in [6, 6.07) is 4.47. The summed E-state index contributed by atoms with van der Waals surface area (Å²) < 4.78 is 11.6. The summed E-state index contributed by atoms with van der Waals surface area (Å²) in [7, 11) is 0. The van der Waals surface area contributed by atoms with E-state index in [9.17, 15) is 5.11 Å². The number of nitrogens with zero attached hydrogens (tertiary/aromatic N) is 1. The molecule has 1 aromatic carbocycles. The number of nitrogen functional groups attached to an aromatic ring is 1. The Kier molecular flexibility index (Phi) is 2.47. The minimum absolute atomic E-state index is 0.0131. The van der Waals surface area contributed by atoms with Gasteiger partial charge in [0, 0.05) is 24.6 Å². The first kappa shape index (κ1) is 12.3. The molecule has 0 radical (unpaired) electrons. The third-order valence-corrected chi connectivity index (χ3v) is 4.67. The van der Waals surface area contributed by atoms with Crippen LogP contribution in [0, 0.1) is 0 Å². The van der Waals surface area contributed by atoms with Gasteiger partial charge in [-0.15, -0.1) is 0 Å². The van der Waals surface area contributed by atoms with Crippen LogP contribution in [-0.2, 0) is 11.2 Å². The number of hydrogen-bond donors (Lipinski definition) is 2. The van der Waals surface area contributed by atoms with Gasteiger partial charge in [0.25, 0.3) is 0 Å². The van der Waals surface area contributed by atoms with Gasteiger partial charge in [-0.25, -0.2) is 0 Å². The SMILES string of the molecule is CC1(CO)Cc2cc(N)c(N3C[C@@H]4C[C@H]3CO4)cc2O1. The van der Waals surface area contributed by atoms with E-state index in [1.54, 1.807) is 0 Å². The molecule has 3 aliphatic rings. The zero-order valence-electron chi connectivity index (χ0n) is 11.6. The molecule has 0 amide bonds. The van der Waals surface area contributed by atoms with Gasteiger partial charge in [-0.05, 0) is 19.4 Å². The molecule has 5 nitrogen and oxygen atoms in total. The number of hydrogen-bond acceptors (Lipinski definition) is 5. The van der Waals surface area contributed by atoms with Crippen molar-refractivity contribution in [1.29, 1.82) is 0 Å². The van der Waals surface area contributed by atoms with Gasteiger partial charge in [-0.3, -0.25) is 0 Å². The van der Waals surface area contributed by atoms with Crippen LogP contribution in [0.5, 0.6) is 5.75 Å². The molecule has 3 aliphatic heterocycles. The number of morpholine rings is 1. The molecule has 2 bridgehead atoms. The smallest absolute Gasteiger partial charge is 0.133 e. The Morgan fingerprint density at radius 1 is 1.50 bits per heavy atom. The average Bonchev–Trinajstić information content (AvgIpc) is 3.10. The van der Waals surface area contributed by atoms with E-state index < -0.39 is 5.60 Å². The molecule has 1 aromatic rings. The molecule has 3 atom stereocenters. The maximum absolute atomic E-state index is 9.45. The summed E-state index contributed by atoms with van der Waals surface area (Å²) in [5.41, 5.74) is 8.64. The van der Waals surface area contributed by atoms with E-state index in [0.29, 0.717) is 18.6 Å². The molecule has 2 fully saturated rings. The van der Waals surface area contributed by atoms with Crippen molar-refractivity contribution >= 4 is 11.4 Å². The molecule has 3 N–H and O–H groups in total. The first-order valence-corrected chi connectivity index (χ1v) is 7.18. The Labute approximate surface area is 118 Å². The van der Waals surface area contributed by atoms with Crippen LogP contribution < -0.4 is 15.4 Å². The Bertz CT molecular complexity index is 562. The maximum Gasteiger partial charge on any atom is 0.133 e. The van der Waals surface area contributed by atoms with E-state index in [0.717, 1.165) is 42.3 Å². The number of nitrogens with two attached hydrogens (primary N) is 1. The monoisotopic (exact) mass is 276 g/mol. The summed E-state index contributed by atoms with van der Waals surface area (Å²) in [5, 5.41) is 9.45. The van der Waals surface area contributed by atoms with Crippen molar-refractivity contribution in [2.24, 2.45) is 0 Å². The van der Waals surface area contributed by atoms with E-state index in [-0.39, 0.29) is 6.61 Å². The molecular weight excluding hydrogens is 256 g/mol. The second-order valence-corrected chi connectivity index (χ2v) is 6.40. The predicted molar refractivity (Wildman–Crippen MR) is 76.2 cm³/mol. The van der Waals surface area contributed by atoms with Crippen LogP contribution in [0.3, 0.4) is 0 Å². The number of rotatable bonds is 2. The molecule has 0 aromatic heterocycles. The normalized spacial score (nSPS) is 34.4. The third-order valence-electron chi connectivity index (χ3n) is 4.67. The van der Waals surface area contributed by atoms with E-state index in [4.69, 9.17) is 15.2 Å². The largest absolute Gasteiger partial charge is 0.484 e. The van der Waals surface area contributed by atoms with Gasteiger partial charge < -0.3 is 25.2 Å². The van der Waals surface area contributed by atoms with Crippen molar-refractivity contribution in [2.75, 3.05) is 30.4 Å². The number of aliphatic hydroxyl groups is 1. The van der Waals surface area contributed by atoms with Crippen molar-refractivity contribution in [3.05, 3.63) is 17.7 Å². The van der Waals surface area contributed by atoms with Gasteiger partial charge in [-0.1, -0.05) is 0 Å². The highest BCUT2D eigenvalue weighted by Crippen LogP contribution is 2.43. The molecule has 20 heavy (non-hydrogen) atoms. The van der Waals surface area contributed by atoms with Crippen molar-refractivity contribution < 1.29 is 14.6 Å². The van der Waals surface area contributed by atoms with E-state index in [1.807, 2.05) is 19.1 Å². The number of benzene rings is 1. The molecular formula is C15H20N2O3. The maximum atomic E-state index is 9.45. The fourth-order valence-electron chi connectivity index (χ4n) is 3.60. The summed E-state index contributed by atoms with van der Waals surface area (Å²) in [6.45, 7) is 3.63. The lowest BCUT2D eigenvalue weighted by Gasteiger charge is -2.30. The van der Waals surface area contributed by atoms with Gasteiger partial charge in [0.1, 0.15) is 11.4 Å². The zero-order chi connectivity index (χ0) is 13.9. The highest BCUT2D eigenvalue weighted by Gasteiger charge is 2.41. The Balaban J connectivity index is 1.68. The molecule has 1 unspecified atom stereocenters. The first-order valence-electron chi connectivity index (χ1n) is 7.18. The van der Waals surface area contributed by atoms with Crippen LogP contribution in [0.25, 0.3) is 0 Å². The van der Waals surface area contributed by atoms with Crippen LogP contribution in [0.4, 0.5) is 11.4 Å². The topological polar surface area (TPSA) is 68.0 Å². The van der Waals surface area contributed by atoms with Gasteiger partial charge in [0.05, 0.1) is 36.7 Å². The second-order valence-electron chi connectivity index (χ2n) is 6.40. The molecule has 0 aliphatic carbocycles. The predicted octanol–water partition coefficient (Wildman–Crippen LogP) is 0.932. The van der Waals surface area contributed by atoms with Gasteiger partial charge >= 0.3 is 0 Å². The number of aliphatic hydroxyl groups excluding tert-OH is 1. The molecule has 2 saturated heterocycles. The molecule has 4 rings (SSSR count). The summed E-state index contributed by atoms with van der Waals surface area (Å²) >= 11 is 0. The number of fused-ring (bicyclic) bond motifs is 3. The summed E-state index contributed by atoms with van der Waals surface area (Å²) in [5.74, 6) is 0.856. The molecule has 0 saturated carbocycles. The minimum Gasteiger partial charge on any atom is -0.484 e.